The van der Waals surface area contributed by atoms with Crippen molar-refractivity contribution in [3.8, 4) is 5.75 Å². The summed E-state index contributed by atoms with van der Waals surface area (Å²) in [5, 5.41) is 0. The average molecular weight is 815 g/mol. The van der Waals surface area contributed by atoms with Gasteiger partial charge in [-0.3, -0.25) is 14.4 Å². The highest BCUT2D eigenvalue weighted by Crippen LogP contribution is 2.36. The van der Waals surface area contributed by atoms with Gasteiger partial charge in [-0.25, -0.2) is 0 Å². The highest BCUT2D eigenvalue weighted by Gasteiger charge is 2.34. The van der Waals surface area contributed by atoms with Crippen molar-refractivity contribution < 1.29 is 57.0 Å². The summed E-state index contributed by atoms with van der Waals surface area (Å²) in [6.07, 6.45) is 11.2. The number of epoxide rings is 1. The quantitative estimate of drug-likeness (QED) is 0.0286. The van der Waals surface area contributed by atoms with Gasteiger partial charge >= 0.3 is 17.9 Å². The van der Waals surface area contributed by atoms with Crippen molar-refractivity contribution in [2.45, 2.75) is 103 Å². The van der Waals surface area contributed by atoms with E-state index in [0.29, 0.717) is 78.9 Å². The van der Waals surface area contributed by atoms with E-state index in [-0.39, 0.29) is 50.7 Å². The molecule has 1 aliphatic rings. The van der Waals surface area contributed by atoms with Gasteiger partial charge in [0.25, 0.3) is 0 Å². The molecule has 0 N–H and O–H groups in total. The number of hydrogen-bond donors (Lipinski definition) is 0. The molecule has 1 saturated heterocycles. The Morgan fingerprint density at radius 1 is 0.638 bits per heavy atom. The number of benzene rings is 2. The van der Waals surface area contributed by atoms with Gasteiger partial charge in [0.15, 0.2) is 0 Å². The molecule has 0 bridgehead atoms. The number of aryl methyl sites for hydroxylation is 1. The van der Waals surface area contributed by atoms with Crippen molar-refractivity contribution in [2.75, 3.05) is 85.9 Å². The summed E-state index contributed by atoms with van der Waals surface area (Å²) >= 11 is 0. The Bertz CT molecular complexity index is 1340. The van der Waals surface area contributed by atoms with Crippen molar-refractivity contribution in [3.05, 3.63) is 66.2 Å². The number of carbonyl (C=O) groups excluding carboxylic acids is 3. The molecule has 0 amide bonds. The van der Waals surface area contributed by atoms with Crippen LogP contribution in [0.2, 0.25) is 0 Å². The Labute approximate surface area is 346 Å². The van der Waals surface area contributed by atoms with Crippen LogP contribution in [0.4, 0.5) is 0 Å². The van der Waals surface area contributed by atoms with Crippen LogP contribution in [0.5, 0.6) is 5.75 Å². The molecular weight excluding hydrogens is 744 g/mol. The first-order valence-corrected chi connectivity index (χ1v) is 21.5. The van der Waals surface area contributed by atoms with Crippen LogP contribution in [-0.2, 0) is 58.7 Å². The van der Waals surface area contributed by atoms with Gasteiger partial charge in [0, 0.05) is 6.42 Å². The lowest BCUT2D eigenvalue weighted by molar-refractivity contribution is -0.153. The number of unbranched alkanes of at least 4 members (excludes halogenated alkanes) is 7. The largest absolute Gasteiger partial charge is 0.491 e. The van der Waals surface area contributed by atoms with E-state index < -0.39 is 17.3 Å². The molecule has 0 radical (unpaired) electrons. The topological polar surface area (TPSA) is 138 Å². The van der Waals surface area contributed by atoms with Gasteiger partial charge in [-0.1, -0.05) is 101 Å². The molecule has 1 aliphatic heterocycles. The molecule has 3 atom stereocenters. The molecule has 0 aromatic heterocycles. The van der Waals surface area contributed by atoms with Crippen molar-refractivity contribution >= 4 is 17.9 Å². The number of para-hydroxylation sites is 1. The smallest absolute Gasteiger partial charge is 0.308 e. The lowest BCUT2D eigenvalue weighted by Gasteiger charge is -2.30. The maximum atomic E-state index is 12.9. The standard InChI is InChI=1S/C46H70O12/c1-39(45(49)56-24-16-8-6-4-3-5-7-11-17-40-18-12-9-13-19-40)35-46(2,36-44(48)58-38-42-37-57-42)23-22-43(47)55-34-32-53-30-28-51-26-25-50-27-29-52-31-33-54-41-20-14-10-15-21-41/h9-10,12-15,18-21,39,42H,3-8,11,16-17,22-38H2,1-2H3. The van der Waals surface area contributed by atoms with Gasteiger partial charge in [-0.05, 0) is 55.2 Å². The number of rotatable bonds is 37. The Morgan fingerprint density at radius 2 is 1.17 bits per heavy atom. The molecule has 12 nitrogen and oxygen atoms in total. The molecule has 3 rings (SSSR count). The molecule has 2 aromatic rings. The van der Waals surface area contributed by atoms with E-state index in [1.54, 1.807) is 0 Å². The zero-order chi connectivity index (χ0) is 41.4. The summed E-state index contributed by atoms with van der Waals surface area (Å²) in [6, 6.07) is 20.2. The van der Waals surface area contributed by atoms with E-state index >= 15 is 0 Å². The van der Waals surface area contributed by atoms with E-state index in [1.165, 1.54) is 37.7 Å². The Kier molecular flexibility index (Phi) is 26.4. The predicted molar refractivity (Wildman–Crippen MR) is 221 cm³/mol. The predicted octanol–water partition coefficient (Wildman–Crippen LogP) is 7.73. The number of ether oxygens (including phenoxy) is 9. The van der Waals surface area contributed by atoms with Crippen LogP contribution in [0.25, 0.3) is 0 Å². The number of hydrogen-bond acceptors (Lipinski definition) is 12. The third-order valence-electron chi connectivity index (χ3n) is 9.83. The third kappa shape index (κ3) is 25.7. The molecule has 0 spiro atoms. The molecule has 0 aliphatic carbocycles. The normalized spacial score (nSPS) is 15.0. The van der Waals surface area contributed by atoms with Gasteiger partial charge in [0.05, 0.1) is 78.4 Å². The summed E-state index contributed by atoms with van der Waals surface area (Å²) < 4.78 is 49.1. The molecule has 1 heterocycles. The maximum Gasteiger partial charge on any atom is 0.308 e. The molecule has 0 saturated carbocycles. The molecular formula is C46H70O12. The minimum atomic E-state index is -0.665. The lowest BCUT2D eigenvalue weighted by Crippen LogP contribution is -2.29. The monoisotopic (exact) mass is 814 g/mol. The van der Waals surface area contributed by atoms with Crippen molar-refractivity contribution in [2.24, 2.45) is 11.3 Å². The van der Waals surface area contributed by atoms with E-state index in [2.05, 4.69) is 30.3 Å². The van der Waals surface area contributed by atoms with Crippen molar-refractivity contribution in [3.63, 3.8) is 0 Å². The van der Waals surface area contributed by atoms with E-state index in [1.807, 2.05) is 44.2 Å². The van der Waals surface area contributed by atoms with Crippen LogP contribution in [0.3, 0.4) is 0 Å². The molecule has 3 unspecified atom stereocenters. The average Bonchev–Trinajstić information content (AvgIpc) is 4.06. The Hall–Kier alpha value is -3.55. The first kappa shape index (κ1) is 48.8. The van der Waals surface area contributed by atoms with Crippen LogP contribution in [-0.4, -0.2) is 110 Å². The minimum Gasteiger partial charge on any atom is -0.491 e. The van der Waals surface area contributed by atoms with Crippen LogP contribution in [0.15, 0.2) is 60.7 Å². The first-order chi connectivity index (χ1) is 28.3. The van der Waals surface area contributed by atoms with Crippen LogP contribution in [0.1, 0.15) is 96.5 Å². The second-order valence-corrected chi connectivity index (χ2v) is 15.3. The Balaban J connectivity index is 1.18. The van der Waals surface area contributed by atoms with E-state index in [0.717, 1.165) is 31.4 Å². The second-order valence-electron chi connectivity index (χ2n) is 15.3. The summed E-state index contributed by atoms with van der Waals surface area (Å²) in [4.78, 5) is 38.3. The zero-order valence-electron chi connectivity index (χ0n) is 35.2. The molecule has 1 fully saturated rings. The maximum absolute atomic E-state index is 12.9. The van der Waals surface area contributed by atoms with Crippen molar-refractivity contribution in [1.29, 1.82) is 0 Å². The van der Waals surface area contributed by atoms with Crippen LogP contribution >= 0.6 is 0 Å². The van der Waals surface area contributed by atoms with Gasteiger partial charge in [-0.2, -0.15) is 0 Å². The fourth-order valence-electron chi connectivity index (χ4n) is 6.47. The summed E-state index contributed by atoms with van der Waals surface area (Å²) in [5.41, 5.74) is 0.746. The fraction of sp³-hybridized carbons (Fsp3) is 0.674. The summed E-state index contributed by atoms with van der Waals surface area (Å²) in [7, 11) is 0. The summed E-state index contributed by atoms with van der Waals surface area (Å²) in [6.45, 7) is 8.81. The Morgan fingerprint density at radius 3 is 1.78 bits per heavy atom. The summed E-state index contributed by atoms with van der Waals surface area (Å²) in [5.74, 6) is -0.672. The van der Waals surface area contributed by atoms with E-state index in [4.69, 9.17) is 42.6 Å². The minimum absolute atomic E-state index is 0.0420. The highest BCUT2D eigenvalue weighted by atomic mass is 16.6. The van der Waals surface area contributed by atoms with Gasteiger partial charge in [0.1, 0.15) is 31.7 Å². The SMILES string of the molecule is CC(CC(C)(CCC(=O)OCCOCCOCCOCCOCCOc1ccccc1)CC(=O)OCC1CO1)C(=O)OCCCCCCCCCCc1ccccc1. The third-order valence-corrected chi connectivity index (χ3v) is 9.83. The van der Waals surface area contributed by atoms with Crippen LogP contribution in [0, 0.1) is 11.3 Å². The molecule has 12 heteroatoms. The van der Waals surface area contributed by atoms with Gasteiger partial charge < -0.3 is 42.6 Å². The number of esters is 3. The van der Waals surface area contributed by atoms with E-state index in [9.17, 15) is 14.4 Å². The highest BCUT2D eigenvalue weighted by molar-refractivity contribution is 5.73. The van der Waals surface area contributed by atoms with Gasteiger partial charge in [-0.15, -0.1) is 0 Å². The molecule has 2 aromatic carbocycles. The second kappa shape index (κ2) is 31.4. The zero-order valence-corrected chi connectivity index (χ0v) is 35.2. The fourth-order valence-corrected chi connectivity index (χ4v) is 6.47. The van der Waals surface area contributed by atoms with Crippen molar-refractivity contribution in [1.82, 2.24) is 0 Å². The first-order valence-electron chi connectivity index (χ1n) is 21.5. The molecule has 58 heavy (non-hydrogen) atoms. The van der Waals surface area contributed by atoms with Gasteiger partial charge in [0.2, 0.25) is 0 Å². The van der Waals surface area contributed by atoms with Crippen LogP contribution < -0.4 is 4.74 Å². The lowest BCUT2D eigenvalue weighted by atomic mass is 9.75. The number of carbonyl (C=O) groups is 3. The molecule has 326 valence electrons.